The predicted octanol–water partition coefficient (Wildman–Crippen LogP) is -0.101. The molecule has 2 saturated heterocycles. The molecule has 460 valence electrons. The number of rotatable bonds is 30. The Morgan fingerprint density at radius 1 is 0.494 bits per heavy atom. The number of aliphatic hydroxyl groups excluding tert-OH is 1. The minimum Gasteiger partial charge on any atom is -0.394 e. The molecule has 81 heavy (non-hydrogen) atoms. The average Bonchev–Trinajstić information content (AvgIpc) is 4.03. The van der Waals surface area contributed by atoms with Crippen molar-refractivity contribution < 1.29 is 62.6 Å². The average molecular weight is 1150 g/mol. The van der Waals surface area contributed by atoms with Gasteiger partial charge in [-0.25, -0.2) is 0 Å². The van der Waals surface area contributed by atoms with Gasteiger partial charge in [0.05, 0.1) is 19.1 Å². The van der Waals surface area contributed by atoms with Crippen molar-refractivity contribution in [3.63, 3.8) is 0 Å². The van der Waals surface area contributed by atoms with E-state index in [-0.39, 0.29) is 69.1 Å². The molecule has 12 amide bonds. The lowest BCUT2D eigenvalue weighted by molar-refractivity contribution is -0.146. The summed E-state index contributed by atoms with van der Waals surface area (Å²) >= 11 is 0. The number of nitrogens with two attached hydrogens (primary N) is 1. The smallest absolute Gasteiger partial charge is 0.248 e. The number of aliphatic hydroxyl groups is 1. The number of likely N-dealkylation sites (tertiary alicyclic amines) is 2. The molecule has 12 N–H and O–H groups in total. The molecule has 25 nitrogen and oxygen atoms in total. The van der Waals surface area contributed by atoms with Crippen LogP contribution >= 0.6 is 0 Å². The molecule has 0 aromatic carbocycles. The fraction of sp³-hybridized carbons (Fsp3) is 0.786. The number of carbonyl (C=O) groups is 12. The van der Waals surface area contributed by atoms with Crippen molar-refractivity contribution in [2.75, 3.05) is 19.7 Å². The van der Waals surface area contributed by atoms with Crippen molar-refractivity contribution in [2.24, 2.45) is 35.3 Å². The van der Waals surface area contributed by atoms with Crippen molar-refractivity contribution >= 4 is 70.9 Å². The maximum atomic E-state index is 14.5. The minimum atomic E-state index is -1.66. The van der Waals surface area contributed by atoms with E-state index >= 15 is 0 Å². The molecule has 0 spiro atoms. The summed E-state index contributed by atoms with van der Waals surface area (Å²) in [5, 5.41) is 34.0. The lowest BCUT2D eigenvalue weighted by Gasteiger charge is -2.36. The zero-order valence-corrected chi connectivity index (χ0v) is 51.1. The Morgan fingerprint density at radius 3 is 1.23 bits per heavy atom. The van der Waals surface area contributed by atoms with Gasteiger partial charge in [-0.3, -0.25) is 57.5 Å². The van der Waals surface area contributed by atoms with Crippen LogP contribution in [0.25, 0.3) is 0 Å². The maximum absolute atomic E-state index is 14.5. The Hall–Kier alpha value is -6.40. The van der Waals surface area contributed by atoms with Gasteiger partial charge < -0.3 is 68.5 Å². The minimum absolute atomic E-state index is 0.0533. The first-order valence-corrected chi connectivity index (χ1v) is 28.5. The second kappa shape index (κ2) is 30.6. The summed E-state index contributed by atoms with van der Waals surface area (Å²) in [7, 11) is 0. The number of carbonyl (C=O) groups excluding carboxylic acids is 12. The van der Waals surface area contributed by atoms with Crippen molar-refractivity contribution in [1.29, 1.82) is 0 Å². The lowest BCUT2D eigenvalue weighted by Crippen LogP contribution is -2.64. The Bertz CT molecular complexity index is 2280. The molecule has 2 aliphatic rings. The first-order chi connectivity index (χ1) is 37.3. The molecule has 0 aromatic rings. The fourth-order valence-electron chi connectivity index (χ4n) is 9.83. The summed E-state index contributed by atoms with van der Waals surface area (Å²) < 4.78 is 0. The lowest BCUT2D eigenvalue weighted by atomic mass is 9.97. The van der Waals surface area contributed by atoms with Crippen LogP contribution in [-0.2, 0) is 57.5 Å². The summed E-state index contributed by atoms with van der Waals surface area (Å²) in [5.41, 5.74) is 0.764. The molecule has 0 aliphatic carbocycles. The van der Waals surface area contributed by atoms with Gasteiger partial charge in [-0.1, -0.05) is 69.2 Å². The van der Waals surface area contributed by atoms with E-state index in [1.54, 1.807) is 27.7 Å². The first-order valence-electron chi connectivity index (χ1n) is 28.5. The monoisotopic (exact) mass is 1150 g/mol. The van der Waals surface area contributed by atoms with Crippen LogP contribution in [0.3, 0.4) is 0 Å². The number of nitrogens with one attached hydrogen (secondary N) is 9. The van der Waals surface area contributed by atoms with Crippen LogP contribution < -0.4 is 53.6 Å². The highest BCUT2D eigenvalue weighted by Gasteiger charge is 2.46. The van der Waals surface area contributed by atoms with E-state index in [1.165, 1.54) is 58.3 Å². The van der Waals surface area contributed by atoms with Gasteiger partial charge in [-0.2, -0.15) is 0 Å². The third kappa shape index (κ3) is 21.5. The Kier molecular flexibility index (Phi) is 26.7. The summed E-state index contributed by atoms with van der Waals surface area (Å²) in [6.07, 6.45) is 1.27. The molecular weight excluding hydrogens is 1050 g/mol. The van der Waals surface area contributed by atoms with Crippen molar-refractivity contribution in [2.45, 2.75) is 234 Å². The van der Waals surface area contributed by atoms with Crippen LogP contribution in [0.15, 0.2) is 0 Å². The summed E-state index contributed by atoms with van der Waals surface area (Å²) in [5.74, 6) is -9.23. The molecule has 2 heterocycles. The summed E-state index contributed by atoms with van der Waals surface area (Å²) in [4.78, 5) is 166. The second-order valence-corrected chi connectivity index (χ2v) is 25.4. The molecule has 0 bridgehead atoms. The van der Waals surface area contributed by atoms with Crippen LogP contribution in [0.5, 0.6) is 0 Å². The zero-order chi connectivity index (χ0) is 62.2. The Balaban J connectivity index is 2.29. The molecule has 25 heteroatoms. The predicted molar refractivity (Wildman–Crippen MR) is 302 cm³/mol. The van der Waals surface area contributed by atoms with Crippen molar-refractivity contribution in [1.82, 2.24) is 57.7 Å². The van der Waals surface area contributed by atoms with E-state index in [4.69, 9.17) is 5.73 Å². The quantitative estimate of drug-likeness (QED) is 0.0448. The molecule has 8 atom stereocenters. The van der Waals surface area contributed by atoms with Gasteiger partial charge in [0, 0.05) is 20.0 Å². The Morgan fingerprint density at radius 2 is 0.877 bits per heavy atom. The van der Waals surface area contributed by atoms with Crippen LogP contribution in [0, 0.1) is 29.6 Å². The third-order valence-electron chi connectivity index (χ3n) is 14.3. The normalized spacial score (nSPS) is 18.1. The van der Waals surface area contributed by atoms with Gasteiger partial charge in [0.15, 0.2) is 0 Å². The van der Waals surface area contributed by atoms with Gasteiger partial charge in [0.25, 0.3) is 0 Å². The van der Waals surface area contributed by atoms with Crippen molar-refractivity contribution in [3.8, 4) is 0 Å². The zero-order valence-electron chi connectivity index (χ0n) is 51.1. The number of hydrogen-bond acceptors (Lipinski definition) is 13. The summed E-state index contributed by atoms with van der Waals surface area (Å²) in [6, 6.07) is -8.76. The number of hydrogen-bond donors (Lipinski definition) is 11. The highest BCUT2D eigenvalue weighted by Crippen LogP contribution is 2.25. The largest absolute Gasteiger partial charge is 0.394 e. The van der Waals surface area contributed by atoms with Crippen LogP contribution in [0.2, 0.25) is 0 Å². The second-order valence-electron chi connectivity index (χ2n) is 25.4. The number of amides is 12. The molecule has 0 aromatic heterocycles. The van der Waals surface area contributed by atoms with Gasteiger partial charge in [-0.15, -0.1) is 0 Å². The van der Waals surface area contributed by atoms with E-state index in [0.29, 0.717) is 19.3 Å². The van der Waals surface area contributed by atoms with Crippen LogP contribution in [-0.4, -0.2) is 170 Å². The van der Waals surface area contributed by atoms with E-state index in [0.717, 1.165) is 0 Å². The topological polar surface area (TPSA) is 366 Å². The molecule has 2 fully saturated rings. The van der Waals surface area contributed by atoms with E-state index in [1.807, 2.05) is 41.5 Å². The van der Waals surface area contributed by atoms with E-state index < -0.39 is 148 Å². The van der Waals surface area contributed by atoms with E-state index in [2.05, 4.69) is 47.9 Å². The first kappa shape index (κ1) is 70.7. The molecule has 2 aliphatic heterocycles. The fourth-order valence-corrected chi connectivity index (χ4v) is 9.83. The van der Waals surface area contributed by atoms with Gasteiger partial charge in [0.2, 0.25) is 70.9 Å². The Labute approximate surface area is 478 Å². The van der Waals surface area contributed by atoms with Crippen LogP contribution in [0.4, 0.5) is 0 Å². The highest BCUT2D eigenvalue weighted by molar-refractivity contribution is 6.01. The SMILES string of the molecule is CC(=O)NC(C)(C)C(=O)N[C@@H](CC(N)=O)C(=O)N[C@@H](CC(C)C)C(=O)N[C@@H](CC(C)C)C(=O)NC(C)(C)C(=O)N1CCC[C@H]1C(=O)N[C@H](C(=O)N[C@@H](CC(C)C)C(=O)NC(C)(C)C(=O)N1CCC[C@H]1C(=O)N[C@H](CO)C(C)C)C(C)C. The molecular formula is C56H98N12O13. The number of primary amides is 1. The van der Waals surface area contributed by atoms with Gasteiger partial charge in [0.1, 0.15) is 58.9 Å². The van der Waals surface area contributed by atoms with Crippen LogP contribution in [0.1, 0.15) is 169 Å². The molecule has 0 unspecified atom stereocenters. The van der Waals surface area contributed by atoms with Crippen molar-refractivity contribution in [3.05, 3.63) is 0 Å². The molecule has 2 rings (SSSR count). The highest BCUT2D eigenvalue weighted by atomic mass is 16.3. The maximum Gasteiger partial charge on any atom is 0.248 e. The molecule has 0 saturated carbocycles. The summed E-state index contributed by atoms with van der Waals surface area (Å²) in [6.45, 7) is 28.1. The number of nitrogens with zero attached hydrogens (tertiary/aromatic N) is 2. The molecule has 0 radical (unpaired) electrons. The van der Waals surface area contributed by atoms with E-state index in [9.17, 15) is 62.6 Å². The standard InChI is InChI=1S/C56H98N12O13/c1-29(2)24-35(58-45(73)38(27-42(57)71)62-51(79)54(12,13)64-34(11)70)44(72)59-36(25-30(3)4)46(74)65-56(16,17)53(81)68-23-19-21-41(68)49(77)63-43(33(9)10)50(78)60-37(26-31(5)6)47(75)66-55(14,15)52(80)67-22-18-20-40(67)48(76)61-39(28-69)32(7)8/h29-33,35-41,43,69H,18-28H2,1-17H3,(H2,57,71)(H,58,73)(H,59,72)(H,60,78)(H,61,76)(H,62,79)(H,63,77)(H,64,70)(H,65,74)(H,66,75)/t35-,36-,37-,38-,39+,40-,41-,43-/m0/s1. The van der Waals surface area contributed by atoms with Gasteiger partial charge >= 0.3 is 0 Å². The van der Waals surface area contributed by atoms with Gasteiger partial charge in [-0.05, 0) is 116 Å². The third-order valence-corrected chi connectivity index (χ3v) is 14.3.